The fraction of sp³-hybridized carbons (Fsp3) is 0.308. The summed E-state index contributed by atoms with van der Waals surface area (Å²) in [6.07, 6.45) is 0.296. The number of carbonyl (C=O) groups is 3. The van der Waals surface area contributed by atoms with Gasteiger partial charge in [-0.25, -0.2) is 4.98 Å². The molecular formula is C26H26N4O3S. The van der Waals surface area contributed by atoms with Crippen molar-refractivity contribution in [1.82, 2.24) is 15.2 Å². The first kappa shape index (κ1) is 22.3. The van der Waals surface area contributed by atoms with Crippen LogP contribution in [0.4, 0.5) is 5.69 Å². The average molecular weight is 475 g/mol. The van der Waals surface area contributed by atoms with E-state index in [4.69, 9.17) is 0 Å². The first-order chi connectivity index (χ1) is 16.5. The molecule has 0 bridgehead atoms. The summed E-state index contributed by atoms with van der Waals surface area (Å²) in [7, 11) is 0. The number of nitrogens with zero attached hydrogens (tertiary/aromatic N) is 3. The summed E-state index contributed by atoms with van der Waals surface area (Å²) >= 11 is 1.61. The predicted octanol–water partition coefficient (Wildman–Crippen LogP) is 4.13. The van der Waals surface area contributed by atoms with Gasteiger partial charge in [0.15, 0.2) is 0 Å². The number of hydrogen-bond acceptors (Lipinski definition) is 5. The zero-order chi connectivity index (χ0) is 23.8. The van der Waals surface area contributed by atoms with Gasteiger partial charge in [-0.05, 0) is 24.1 Å². The number of carbonyl (C=O) groups excluding carboxylic acids is 3. The Labute approximate surface area is 202 Å². The van der Waals surface area contributed by atoms with Gasteiger partial charge in [0.1, 0.15) is 6.17 Å². The molecule has 0 saturated heterocycles. The minimum Gasteiger partial charge on any atom is -0.356 e. The van der Waals surface area contributed by atoms with Gasteiger partial charge >= 0.3 is 0 Å². The monoisotopic (exact) mass is 474 g/mol. The molecule has 0 fully saturated rings. The maximum absolute atomic E-state index is 13.4. The van der Waals surface area contributed by atoms with E-state index in [9.17, 15) is 14.4 Å². The molecule has 1 aromatic heterocycles. The van der Waals surface area contributed by atoms with Crippen LogP contribution in [-0.2, 0) is 11.2 Å². The zero-order valence-corrected chi connectivity index (χ0v) is 20.0. The first-order valence-electron chi connectivity index (χ1n) is 11.5. The number of rotatable bonds is 7. The van der Waals surface area contributed by atoms with Crippen LogP contribution in [0.2, 0.25) is 0 Å². The van der Waals surface area contributed by atoms with E-state index < -0.39 is 6.17 Å². The second kappa shape index (κ2) is 9.02. The molecule has 34 heavy (non-hydrogen) atoms. The highest BCUT2D eigenvalue weighted by Crippen LogP contribution is 2.45. The maximum atomic E-state index is 13.4. The minimum atomic E-state index is -0.538. The summed E-state index contributed by atoms with van der Waals surface area (Å²) in [5, 5.41) is 6.01. The normalized spacial score (nSPS) is 16.5. The summed E-state index contributed by atoms with van der Waals surface area (Å²) in [6.45, 7) is 4.94. The molecular weight excluding hydrogens is 448 g/mol. The van der Waals surface area contributed by atoms with Crippen LogP contribution in [0.15, 0.2) is 53.9 Å². The van der Waals surface area contributed by atoms with E-state index in [2.05, 4.69) is 29.5 Å². The van der Waals surface area contributed by atoms with Crippen molar-refractivity contribution in [3.8, 4) is 0 Å². The Kier molecular flexibility index (Phi) is 5.91. The van der Waals surface area contributed by atoms with E-state index >= 15 is 0 Å². The van der Waals surface area contributed by atoms with Gasteiger partial charge in [-0.3, -0.25) is 19.3 Å². The Hall–Kier alpha value is -3.52. The quantitative estimate of drug-likeness (QED) is 0.558. The molecule has 3 aromatic rings. The zero-order valence-electron chi connectivity index (χ0n) is 19.2. The van der Waals surface area contributed by atoms with Gasteiger partial charge in [0, 0.05) is 42.4 Å². The van der Waals surface area contributed by atoms with Crippen LogP contribution < -0.4 is 10.2 Å². The SMILES string of the molecule is CC(C)c1csc(CCNC(=O)CCN2C(=O)c3ccccc3N3C(=O)c4ccccc4[C@@H]23)n1. The maximum Gasteiger partial charge on any atom is 0.260 e. The summed E-state index contributed by atoms with van der Waals surface area (Å²) in [5.74, 6) is -0.0345. The van der Waals surface area contributed by atoms with Gasteiger partial charge in [-0.1, -0.05) is 44.2 Å². The van der Waals surface area contributed by atoms with E-state index in [0.29, 0.717) is 35.7 Å². The van der Waals surface area contributed by atoms with Crippen molar-refractivity contribution in [2.24, 2.45) is 0 Å². The highest BCUT2D eigenvalue weighted by atomic mass is 32.1. The third-order valence-electron chi connectivity index (χ3n) is 6.28. The van der Waals surface area contributed by atoms with Crippen LogP contribution in [-0.4, -0.2) is 40.7 Å². The highest BCUT2D eigenvalue weighted by Gasteiger charge is 2.47. The second-order valence-corrected chi connectivity index (χ2v) is 9.77. The van der Waals surface area contributed by atoms with Gasteiger partial charge in [0.2, 0.25) is 5.91 Å². The van der Waals surface area contributed by atoms with Crippen LogP contribution >= 0.6 is 11.3 Å². The molecule has 2 aromatic carbocycles. The van der Waals surface area contributed by atoms with Crippen LogP contribution in [0.5, 0.6) is 0 Å². The van der Waals surface area contributed by atoms with Gasteiger partial charge in [-0.2, -0.15) is 0 Å². The lowest BCUT2D eigenvalue weighted by molar-refractivity contribution is -0.121. The Morgan fingerprint density at radius 3 is 2.56 bits per heavy atom. The third kappa shape index (κ3) is 3.88. The standard InChI is InChI=1S/C26H26N4O3S/c1-16(2)20-15-34-23(28-20)11-13-27-22(31)12-14-29-24-17-7-3-4-8-18(17)26(33)30(24)21-10-6-5-9-19(21)25(29)32/h3-10,15-16,24H,11-14H2,1-2H3,(H,27,31)/t24-/m0/s1. The molecule has 3 heterocycles. The molecule has 0 unspecified atom stereocenters. The minimum absolute atomic E-state index is 0.126. The summed E-state index contributed by atoms with van der Waals surface area (Å²) < 4.78 is 0. The molecule has 2 aliphatic heterocycles. The fourth-order valence-corrected chi connectivity index (χ4v) is 5.48. The third-order valence-corrected chi connectivity index (χ3v) is 7.21. The molecule has 174 valence electrons. The van der Waals surface area contributed by atoms with Crippen molar-refractivity contribution in [3.05, 3.63) is 81.3 Å². The molecule has 8 heteroatoms. The van der Waals surface area contributed by atoms with E-state index in [-0.39, 0.29) is 30.7 Å². The van der Waals surface area contributed by atoms with E-state index in [1.807, 2.05) is 24.3 Å². The van der Waals surface area contributed by atoms with Crippen LogP contribution in [0.25, 0.3) is 0 Å². The van der Waals surface area contributed by atoms with Gasteiger partial charge in [0.25, 0.3) is 11.8 Å². The second-order valence-electron chi connectivity index (χ2n) is 8.82. The number of nitrogens with one attached hydrogen (secondary N) is 1. The first-order valence-corrected chi connectivity index (χ1v) is 12.4. The molecule has 2 aliphatic rings. The average Bonchev–Trinajstić information content (AvgIpc) is 3.43. The fourth-order valence-electron chi connectivity index (χ4n) is 4.52. The topological polar surface area (TPSA) is 82.6 Å². The molecule has 0 radical (unpaired) electrons. The van der Waals surface area contributed by atoms with Crippen molar-refractivity contribution in [1.29, 1.82) is 0 Å². The number of aromatic nitrogens is 1. The lowest BCUT2D eigenvalue weighted by Crippen LogP contribution is -2.49. The molecule has 7 nitrogen and oxygen atoms in total. The lowest BCUT2D eigenvalue weighted by atomic mass is 10.0. The molecule has 1 atom stereocenters. The summed E-state index contributed by atoms with van der Waals surface area (Å²) in [5.41, 5.74) is 3.55. The van der Waals surface area contributed by atoms with E-state index in [1.165, 1.54) is 0 Å². The summed E-state index contributed by atoms with van der Waals surface area (Å²) in [4.78, 5) is 47.1. The Morgan fingerprint density at radius 1 is 1.06 bits per heavy atom. The molecule has 3 amide bonds. The lowest BCUT2D eigenvalue weighted by Gasteiger charge is -2.40. The number of anilines is 1. The molecule has 0 saturated carbocycles. The van der Waals surface area contributed by atoms with Crippen molar-refractivity contribution in [2.75, 3.05) is 18.0 Å². The van der Waals surface area contributed by atoms with Gasteiger partial charge in [0.05, 0.1) is 22.0 Å². The molecule has 0 spiro atoms. The van der Waals surface area contributed by atoms with Crippen LogP contribution in [0.3, 0.4) is 0 Å². The van der Waals surface area contributed by atoms with Gasteiger partial charge < -0.3 is 10.2 Å². The predicted molar refractivity (Wildman–Crippen MR) is 131 cm³/mol. The number of benzene rings is 2. The van der Waals surface area contributed by atoms with E-state index in [1.54, 1.807) is 45.4 Å². The Morgan fingerprint density at radius 2 is 1.79 bits per heavy atom. The van der Waals surface area contributed by atoms with Crippen molar-refractivity contribution < 1.29 is 14.4 Å². The highest BCUT2D eigenvalue weighted by molar-refractivity contribution is 7.09. The van der Waals surface area contributed by atoms with Crippen molar-refractivity contribution in [3.63, 3.8) is 0 Å². The van der Waals surface area contributed by atoms with Gasteiger partial charge in [-0.15, -0.1) is 11.3 Å². The molecule has 5 rings (SSSR count). The number of fused-ring (bicyclic) bond motifs is 5. The Balaban J connectivity index is 1.28. The molecule has 1 N–H and O–H groups in total. The van der Waals surface area contributed by atoms with Crippen molar-refractivity contribution >= 4 is 34.7 Å². The van der Waals surface area contributed by atoms with Crippen molar-refractivity contribution in [2.45, 2.75) is 38.8 Å². The number of amides is 3. The van der Waals surface area contributed by atoms with Crippen LogP contribution in [0.1, 0.15) is 69.3 Å². The summed E-state index contributed by atoms with van der Waals surface area (Å²) in [6, 6.07) is 14.5. The smallest absolute Gasteiger partial charge is 0.260 e. The van der Waals surface area contributed by atoms with E-state index in [0.717, 1.165) is 16.3 Å². The number of hydrogen-bond donors (Lipinski definition) is 1. The Bertz CT molecular complexity index is 1270. The molecule has 0 aliphatic carbocycles. The largest absolute Gasteiger partial charge is 0.356 e. The van der Waals surface area contributed by atoms with Crippen LogP contribution in [0, 0.1) is 0 Å². The number of para-hydroxylation sites is 1. The number of thiazole rings is 1.